The number of aromatic nitrogens is 3. The molecule has 3 aromatic rings. The summed E-state index contributed by atoms with van der Waals surface area (Å²) in [5.41, 5.74) is -0.281. The van der Waals surface area contributed by atoms with E-state index in [0.717, 1.165) is 23.9 Å². The minimum absolute atomic E-state index is 0.0324. The molecular formula is C22H22F3N5O3S. The first-order chi connectivity index (χ1) is 16.2. The van der Waals surface area contributed by atoms with Crippen LogP contribution in [0.2, 0.25) is 0 Å². The molecule has 0 saturated heterocycles. The molecule has 0 aliphatic carbocycles. The number of halogens is 3. The zero-order valence-corrected chi connectivity index (χ0v) is 19.2. The standard InChI is InChI=1S/C22H22F3N5O3S/c1-3-30-18(12-19(31)26-15-8-6-7-14(11-15)22(23,24)25)28-29-21(30)34-13-20(32)27-16-9-4-5-10-17(16)33-2/h4-11H,3,12-13H2,1-2H3,(H,26,31)(H,27,32). The average molecular weight is 494 g/mol. The van der Waals surface area contributed by atoms with Crippen LogP contribution in [-0.2, 0) is 28.7 Å². The first-order valence-electron chi connectivity index (χ1n) is 10.2. The topological polar surface area (TPSA) is 98.1 Å². The van der Waals surface area contributed by atoms with Gasteiger partial charge in [0.1, 0.15) is 11.6 Å². The van der Waals surface area contributed by atoms with Gasteiger partial charge in [0.2, 0.25) is 11.8 Å². The predicted molar refractivity (Wildman–Crippen MR) is 122 cm³/mol. The van der Waals surface area contributed by atoms with E-state index in [4.69, 9.17) is 4.74 Å². The molecule has 1 aromatic heterocycles. The Hall–Kier alpha value is -3.54. The Morgan fingerprint density at radius 2 is 1.82 bits per heavy atom. The maximum atomic E-state index is 12.9. The first-order valence-corrected chi connectivity index (χ1v) is 11.1. The molecule has 2 N–H and O–H groups in total. The SMILES string of the molecule is CCn1c(CC(=O)Nc2cccc(C(F)(F)F)c2)nnc1SCC(=O)Nc1ccccc1OC. The Balaban J connectivity index is 1.60. The molecule has 0 aliphatic heterocycles. The number of carbonyl (C=O) groups excluding carboxylic acids is 2. The minimum atomic E-state index is -4.51. The number of benzene rings is 2. The predicted octanol–water partition coefficient (Wildman–Crippen LogP) is 4.24. The van der Waals surface area contributed by atoms with Crippen LogP contribution in [0.4, 0.5) is 24.5 Å². The van der Waals surface area contributed by atoms with Crippen molar-refractivity contribution < 1.29 is 27.5 Å². The summed E-state index contributed by atoms with van der Waals surface area (Å²) in [6.07, 6.45) is -4.70. The monoisotopic (exact) mass is 493 g/mol. The van der Waals surface area contributed by atoms with Crippen molar-refractivity contribution in [2.75, 3.05) is 23.5 Å². The fourth-order valence-electron chi connectivity index (χ4n) is 3.06. The normalized spacial score (nSPS) is 11.2. The van der Waals surface area contributed by atoms with Crippen LogP contribution >= 0.6 is 11.8 Å². The van der Waals surface area contributed by atoms with Crippen molar-refractivity contribution in [3.63, 3.8) is 0 Å². The van der Waals surface area contributed by atoms with Crippen molar-refractivity contribution in [1.29, 1.82) is 0 Å². The van der Waals surface area contributed by atoms with Gasteiger partial charge in [0, 0.05) is 12.2 Å². The van der Waals surface area contributed by atoms with Crippen LogP contribution in [0.3, 0.4) is 0 Å². The molecule has 2 amide bonds. The van der Waals surface area contributed by atoms with Crippen molar-refractivity contribution in [2.24, 2.45) is 0 Å². The largest absolute Gasteiger partial charge is 0.495 e. The molecule has 2 aromatic carbocycles. The number of alkyl halides is 3. The summed E-state index contributed by atoms with van der Waals surface area (Å²) in [5.74, 6) is 0.106. The number of nitrogens with zero attached hydrogens (tertiary/aromatic N) is 3. The maximum Gasteiger partial charge on any atom is 0.416 e. The summed E-state index contributed by atoms with van der Waals surface area (Å²) in [5, 5.41) is 13.7. The number of carbonyl (C=O) groups is 2. The van der Waals surface area contributed by atoms with Gasteiger partial charge in [-0.2, -0.15) is 13.2 Å². The fraction of sp³-hybridized carbons (Fsp3) is 0.273. The molecule has 180 valence electrons. The van der Waals surface area contributed by atoms with E-state index in [-0.39, 0.29) is 23.8 Å². The Morgan fingerprint density at radius 1 is 1.06 bits per heavy atom. The number of anilines is 2. The average Bonchev–Trinajstić information content (AvgIpc) is 3.18. The Bertz CT molecular complexity index is 1170. The summed E-state index contributed by atoms with van der Waals surface area (Å²) in [7, 11) is 1.51. The molecule has 0 saturated carbocycles. The number of thioether (sulfide) groups is 1. The van der Waals surface area contributed by atoms with E-state index in [1.807, 2.05) is 6.92 Å². The van der Waals surface area contributed by atoms with Crippen molar-refractivity contribution in [2.45, 2.75) is 31.2 Å². The first kappa shape index (κ1) is 25.1. The summed E-state index contributed by atoms with van der Waals surface area (Å²) in [4.78, 5) is 24.7. The molecule has 0 spiro atoms. The van der Waals surface area contributed by atoms with Gasteiger partial charge >= 0.3 is 6.18 Å². The molecule has 0 radical (unpaired) electrons. The van der Waals surface area contributed by atoms with Crippen LogP contribution in [0.15, 0.2) is 53.7 Å². The van der Waals surface area contributed by atoms with E-state index in [1.54, 1.807) is 28.8 Å². The van der Waals surface area contributed by atoms with Crippen LogP contribution in [0, 0.1) is 0 Å². The molecule has 12 heteroatoms. The highest BCUT2D eigenvalue weighted by molar-refractivity contribution is 7.99. The van der Waals surface area contributed by atoms with Gasteiger partial charge in [-0.25, -0.2) is 0 Å². The van der Waals surface area contributed by atoms with Crippen LogP contribution in [0.5, 0.6) is 5.75 Å². The summed E-state index contributed by atoms with van der Waals surface area (Å²) >= 11 is 1.15. The second kappa shape index (κ2) is 11.1. The van der Waals surface area contributed by atoms with Gasteiger partial charge in [-0.1, -0.05) is 30.0 Å². The molecular weight excluding hydrogens is 471 g/mol. The molecule has 3 rings (SSSR count). The van der Waals surface area contributed by atoms with Crippen molar-refractivity contribution >= 4 is 35.0 Å². The third kappa shape index (κ3) is 6.50. The third-order valence-electron chi connectivity index (χ3n) is 4.62. The molecule has 0 aliphatic rings. The van der Waals surface area contributed by atoms with E-state index < -0.39 is 17.6 Å². The fourth-order valence-corrected chi connectivity index (χ4v) is 3.88. The third-order valence-corrected chi connectivity index (χ3v) is 5.58. The van der Waals surface area contributed by atoms with Crippen LogP contribution in [0.25, 0.3) is 0 Å². The van der Waals surface area contributed by atoms with Crippen LogP contribution in [-0.4, -0.2) is 39.4 Å². The van der Waals surface area contributed by atoms with Gasteiger partial charge < -0.3 is 19.9 Å². The molecule has 0 unspecified atom stereocenters. The van der Waals surface area contributed by atoms with Crippen LogP contribution in [0.1, 0.15) is 18.3 Å². The molecule has 8 nitrogen and oxygen atoms in total. The quantitative estimate of drug-likeness (QED) is 0.433. The number of rotatable bonds is 9. The molecule has 0 atom stereocenters. The van der Waals surface area contributed by atoms with E-state index in [1.165, 1.54) is 19.2 Å². The zero-order valence-electron chi connectivity index (χ0n) is 18.3. The number of para-hydroxylation sites is 2. The van der Waals surface area contributed by atoms with Gasteiger partial charge in [-0.3, -0.25) is 9.59 Å². The lowest BCUT2D eigenvalue weighted by Crippen LogP contribution is -2.18. The van der Waals surface area contributed by atoms with Gasteiger partial charge in [-0.05, 0) is 37.3 Å². The van der Waals surface area contributed by atoms with Gasteiger partial charge in [0.15, 0.2) is 5.16 Å². The molecule has 34 heavy (non-hydrogen) atoms. The van der Waals surface area contributed by atoms with Gasteiger partial charge in [-0.15, -0.1) is 10.2 Å². The smallest absolute Gasteiger partial charge is 0.416 e. The van der Waals surface area contributed by atoms with E-state index >= 15 is 0 Å². The summed E-state index contributed by atoms with van der Waals surface area (Å²) in [6, 6.07) is 11.4. The Morgan fingerprint density at radius 3 is 2.53 bits per heavy atom. The van der Waals surface area contributed by atoms with Crippen molar-refractivity contribution in [1.82, 2.24) is 14.8 Å². The number of nitrogens with one attached hydrogen (secondary N) is 2. The van der Waals surface area contributed by atoms with Crippen LogP contribution < -0.4 is 15.4 Å². The Labute approximate surface area is 197 Å². The van der Waals surface area contributed by atoms with E-state index in [2.05, 4.69) is 20.8 Å². The number of hydrogen-bond donors (Lipinski definition) is 2. The highest BCUT2D eigenvalue weighted by atomic mass is 32.2. The highest BCUT2D eigenvalue weighted by Gasteiger charge is 2.30. The molecule has 0 bridgehead atoms. The number of ether oxygens (including phenoxy) is 1. The number of amides is 2. The molecule has 1 heterocycles. The second-order valence-corrected chi connectivity index (χ2v) is 7.93. The van der Waals surface area contributed by atoms with E-state index in [9.17, 15) is 22.8 Å². The lowest BCUT2D eigenvalue weighted by atomic mass is 10.2. The summed E-state index contributed by atoms with van der Waals surface area (Å²) in [6.45, 7) is 2.27. The molecule has 0 fully saturated rings. The highest BCUT2D eigenvalue weighted by Crippen LogP contribution is 2.30. The second-order valence-electron chi connectivity index (χ2n) is 6.98. The van der Waals surface area contributed by atoms with Gasteiger partial charge in [0.25, 0.3) is 0 Å². The summed E-state index contributed by atoms with van der Waals surface area (Å²) < 4.78 is 45.5. The van der Waals surface area contributed by atoms with Gasteiger partial charge in [0.05, 0.1) is 30.5 Å². The Kier molecular flexibility index (Phi) is 8.16. The number of methoxy groups -OCH3 is 1. The maximum absolute atomic E-state index is 12.9. The van der Waals surface area contributed by atoms with E-state index in [0.29, 0.717) is 29.0 Å². The number of hydrogen-bond acceptors (Lipinski definition) is 6. The zero-order chi connectivity index (χ0) is 24.7. The van der Waals surface area contributed by atoms with Crippen molar-refractivity contribution in [3.8, 4) is 5.75 Å². The van der Waals surface area contributed by atoms with Crippen molar-refractivity contribution in [3.05, 3.63) is 59.9 Å². The lowest BCUT2D eigenvalue weighted by Gasteiger charge is -2.11. The lowest BCUT2D eigenvalue weighted by molar-refractivity contribution is -0.137. The minimum Gasteiger partial charge on any atom is -0.495 e.